The SMILES string of the molecule is CCOC(=O)COc1cccc(CCCN2C(=O)OC[C@H]2C(c2ccccc2)c2ccccc2)c1. The average Bonchev–Trinajstić information content (AvgIpc) is 3.24. The minimum Gasteiger partial charge on any atom is -0.482 e. The maximum atomic E-state index is 12.7. The molecule has 0 unspecified atom stereocenters. The molecule has 0 spiro atoms. The van der Waals surface area contributed by atoms with E-state index >= 15 is 0 Å². The number of carbonyl (C=O) groups excluding carboxylic acids is 2. The topological polar surface area (TPSA) is 65.1 Å². The second kappa shape index (κ2) is 12.1. The minimum absolute atomic E-state index is 0.0310. The van der Waals surface area contributed by atoms with E-state index in [0.717, 1.165) is 18.4 Å². The van der Waals surface area contributed by atoms with Gasteiger partial charge in [-0.2, -0.15) is 0 Å². The lowest BCUT2D eigenvalue weighted by atomic mass is 9.85. The van der Waals surface area contributed by atoms with Crippen molar-refractivity contribution in [2.75, 3.05) is 26.4 Å². The van der Waals surface area contributed by atoms with E-state index in [1.807, 2.05) is 65.6 Å². The molecule has 0 N–H and O–H groups in total. The highest BCUT2D eigenvalue weighted by Crippen LogP contribution is 2.34. The molecule has 182 valence electrons. The van der Waals surface area contributed by atoms with Crippen LogP contribution in [0.3, 0.4) is 0 Å². The zero-order valence-electron chi connectivity index (χ0n) is 20.0. The van der Waals surface area contributed by atoms with E-state index in [4.69, 9.17) is 14.2 Å². The van der Waals surface area contributed by atoms with Crippen LogP contribution in [0.5, 0.6) is 5.75 Å². The molecule has 6 nitrogen and oxygen atoms in total. The molecule has 1 aliphatic heterocycles. The van der Waals surface area contributed by atoms with E-state index in [1.165, 1.54) is 11.1 Å². The van der Waals surface area contributed by atoms with E-state index in [1.54, 1.807) is 6.92 Å². The first-order chi connectivity index (χ1) is 17.2. The van der Waals surface area contributed by atoms with Gasteiger partial charge in [0.25, 0.3) is 0 Å². The summed E-state index contributed by atoms with van der Waals surface area (Å²) in [7, 11) is 0. The number of amides is 1. The smallest absolute Gasteiger partial charge is 0.410 e. The Labute approximate surface area is 206 Å². The van der Waals surface area contributed by atoms with E-state index in [9.17, 15) is 9.59 Å². The maximum absolute atomic E-state index is 12.7. The summed E-state index contributed by atoms with van der Waals surface area (Å²) in [6, 6.07) is 28.2. The first-order valence-corrected chi connectivity index (χ1v) is 12.1. The molecule has 3 aromatic rings. The number of benzene rings is 3. The number of hydrogen-bond donors (Lipinski definition) is 0. The summed E-state index contributed by atoms with van der Waals surface area (Å²) in [4.78, 5) is 26.1. The summed E-state index contributed by atoms with van der Waals surface area (Å²) in [5.74, 6) is 0.272. The lowest BCUT2D eigenvalue weighted by Crippen LogP contribution is -2.39. The highest BCUT2D eigenvalue weighted by atomic mass is 16.6. The molecule has 0 bridgehead atoms. The summed E-state index contributed by atoms with van der Waals surface area (Å²) < 4.78 is 16.0. The van der Waals surface area contributed by atoms with E-state index in [0.29, 0.717) is 25.5 Å². The summed E-state index contributed by atoms with van der Waals surface area (Å²) in [5.41, 5.74) is 3.41. The van der Waals surface area contributed by atoms with Crippen molar-refractivity contribution in [2.24, 2.45) is 0 Å². The van der Waals surface area contributed by atoms with Crippen molar-refractivity contribution in [1.82, 2.24) is 4.90 Å². The molecule has 1 atom stereocenters. The quantitative estimate of drug-likeness (QED) is 0.358. The van der Waals surface area contributed by atoms with Crippen molar-refractivity contribution in [3.63, 3.8) is 0 Å². The number of ether oxygens (including phenoxy) is 3. The lowest BCUT2D eigenvalue weighted by molar-refractivity contribution is -0.145. The van der Waals surface area contributed by atoms with Crippen LogP contribution in [-0.4, -0.2) is 49.4 Å². The van der Waals surface area contributed by atoms with E-state index in [2.05, 4.69) is 24.3 Å². The Morgan fingerprint density at radius 1 is 1.00 bits per heavy atom. The van der Waals surface area contributed by atoms with Crippen LogP contribution in [0.25, 0.3) is 0 Å². The van der Waals surface area contributed by atoms with Gasteiger partial charge in [-0.3, -0.25) is 0 Å². The normalized spacial score (nSPS) is 15.2. The summed E-state index contributed by atoms with van der Waals surface area (Å²) in [5, 5.41) is 0. The van der Waals surface area contributed by atoms with Crippen LogP contribution in [0.15, 0.2) is 84.9 Å². The summed E-state index contributed by atoms with van der Waals surface area (Å²) in [6.07, 6.45) is 1.29. The molecule has 0 aliphatic carbocycles. The maximum Gasteiger partial charge on any atom is 0.410 e. The van der Waals surface area contributed by atoms with Gasteiger partial charge in [0.15, 0.2) is 6.61 Å². The van der Waals surface area contributed by atoms with Gasteiger partial charge in [0.2, 0.25) is 0 Å². The number of carbonyl (C=O) groups is 2. The standard InChI is InChI=1S/C29H31NO5/c1-2-33-27(31)21-34-25-17-9-11-22(19-25)12-10-18-30-26(20-35-29(30)32)28(23-13-5-3-6-14-23)24-15-7-4-8-16-24/h3-9,11,13-17,19,26,28H,2,10,12,18,20-21H2,1H3/t26-/m0/s1. The number of aryl methyl sites for hydroxylation is 1. The van der Waals surface area contributed by atoms with Gasteiger partial charge in [-0.05, 0) is 48.6 Å². The van der Waals surface area contributed by atoms with Gasteiger partial charge in [-0.25, -0.2) is 9.59 Å². The Hall–Kier alpha value is -3.80. The molecule has 6 heteroatoms. The molecule has 1 saturated heterocycles. The molecule has 4 rings (SSSR count). The second-order valence-electron chi connectivity index (χ2n) is 8.48. The van der Waals surface area contributed by atoms with Crippen LogP contribution in [0.2, 0.25) is 0 Å². The van der Waals surface area contributed by atoms with Gasteiger partial charge in [0.05, 0.1) is 12.6 Å². The Bertz CT molecular complexity index is 1060. The highest BCUT2D eigenvalue weighted by molar-refractivity contribution is 5.71. The van der Waals surface area contributed by atoms with Crippen LogP contribution in [-0.2, 0) is 20.7 Å². The molecule has 1 fully saturated rings. The van der Waals surface area contributed by atoms with Crippen LogP contribution in [0.1, 0.15) is 36.0 Å². The highest BCUT2D eigenvalue weighted by Gasteiger charge is 2.39. The monoisotopic (exact) mass is 473 g/mol. The van der Waals surface area contributed by atoms with Gasteiger partial charge >= 0.3 is 12.1 Å². The third-order valence-corrected chi connectivity index (χ3v) is 6.14. The van der Waals surface area contributed by atoms with Crippen molar-refractivity contribution in [1.29, 1.82) is 0 Å². The molecule has 0 aromatic heterocycles. The first-order valence-electron chi connectivity index (χ1n) is 12.1. The molecule has 0 radical (unpaired) electrons. The second-order valence-corrected chi connectivity index (χ2v) is 8.48. The Kier molecular flexibility index (Phi) is 8.39. The third kappa shape index (κ3) is 6.41. The molecule has 0 saturated carbocycles. The van der Waals surface area contributed by atoms with Crippen LogP contribution in [0.4, 0.5) is 4.79 Å². The van der Waals surface area contributed by atoms with Gasteiger partial charge < -0.3 is 19.1 Å². The summed E-state index contributed by atoms with van der Waals surface area (Å²) >= 11 is 0. The number of rotatable bonds is 11. The molecule has 1 amide bonds. The summed E-state index contributed by atoms with van der Waals surface area (Å²) in [6.45, 7) is 2.94. The first kappa shape index (κ1) is 24.3. The predicted molar refractivity (Wildman–Crippen MR) is 133 cm³/mol. The average molecular weight is 474 g/mol. The number of nitrogens with zero attached hydrogens (tertiary/aromatic N) is 1. The predicted octanol–water partition coefficient (Wildman–Crippen LogP) is 5.21. The Morgan fingerprint density at radius 3 is 2.34 bits per heavy atom. The van der Waals surface area contributed by atoms with Crippen LogP contribution >= 0.6 is 0 Å². The van der Waals surface area contributed by atoms with E-state index in [-0.39, 0.29) is 30.6 Å². The molecule has 3 aromatic carbocycles. The molecule has 1 aliphatic rings. The molecular weight excluding hydrogens is 442 g/mol. The fourth-order valence-corrected chi connectivity index (χ4v) is 4.54. The molecule has 1 heterocycles. The van der Waals surface area contributed by atoms with Gasteiger partial charge in [-0.1, -0.05) is 72.8 Å². The van der Waals surface area contributed by atoms with Crippen LogP contribution in [0, 0.1) is 0 Å². The van der Waals surface area contributed by atoms with Crippen molar-refractivity contribution in [3.05, 3.63) is 102 Å². The van der Waals surface area contributed by atoms with Crippen molar-refractivity contribution in [3.8, 4) is 5.75 Å². The van der Waals surface area contributed by atoms with Crippen LogP contribution < -0.4 is 4.74 Å². The van der Waals surface area contributed by atoms with E-state index < -0.39 is 0 Å². The minimum atomic E-state index is -0.386. The fourth-order valence-electron chi connectivity index (χ4n) is 4.54. The third-order valence-electron chi connectivity index (χ3n) is 6.14. The largest absolute Gasteiger partial charge is 0.482 e. The van der Waals surface area contributed by atoms with Gasteiger partial charge in [0.1, 0.15) is 12.4 Å². The zero-order valence-corrected chi connectivity index (χ0v) is 20.0. The number of cyclic esters (lactones) is 1. The van der Waals surface area contributed by atoms with Crippen molar-refractivity contribution >= 4 is 12.1 Å². The zero-order chi connectivity index (χ0) is 24.5. The van der Waals surface area contributed by atoms with Gasteiger partial charge in [-0.15, -0.1) is 0 Å². The Morgan fingerprint density at radius 2 is 1.69 bits per heavy atom. The molecular formula is C29H31NO5. The Balaban J connectivity index is 1.42. The van der Waals surface area contributed by atoms with Gasteiger partial charge in [0, 0.05) is 12.5 Å². The van der Waals surface area contributed by atoms with Crippen molar-refractivity contribution in [2.45, 2.75) is 31.7 Å². The number of esters is 1. The lowest BCUT2D eigenvalue weighted by Gasteiger charge is -2.30. The van der Waals surface area contributed by atoms with Crippen molar-refractivity contribution < 1.29 is 23.8 Å². The number of hydrogen-bond acceptors (Lipinski definition) is 5. The fraction of sp³-hybridized carbons (Fsp3) is 0.310. The molecule has 35 heavy (non-hydrogen) atoms.